The van der Waals surface area contributed by atoms with Crippen molar-refractivity contribution in [2.45, 2.75) is 98.1 Å². The van der Waals surface area contributed by atoms with Crippen LogP contribution in [0, 0.1) is 22.3 Å². The van der Waals surface area contributed by atoms with Crippen LogP contribution in [-0.2, 0) is 28.6 Å². The zero-order valence-corrected chi connectivity index (χ0v) is 26.5. The first-order valence-corrected chi connectivity index (χ1v) is 15.6. The first-order chi connectivity index (χ1) is 21.0. The van der Waals surface area contributed by atoms with E-state index < -0.39 is 24.3 Å². The van der Waals surface area contributed by atoms with Crippen molar-refractivity contribution < 1.29 is 38.2 Å². The first-order valence-electron chi connectivity index (χ1n) is 15.6. The molecule has 0 amide bonds. The van der Waals surface area contributed by atoms with Gasteiger partial charge in [-0.05, 0) is 31.4 Å². The highest BCUT2D eigenvalue weighted by molar-refractivity contribution is 5.80. The minimum absolute atomic E-state index is 0.0338. The zero-order valence-electron chi connectivity index (χ0n) is 26.5. The third-order valence-electron chi connectivity index (χ3n) is 8.11. The molecule has 44 heavy (non-hydrogen) atoms. The fourth-order valence-electron chi connectivity index (χ4n) is 5.52. The minimum Gasteiger partial charge on any atom is -0.739 e. The molecule has 0 bridgehead atoms. The van der Waals surface area contributed by atoms with Gasteiger partial charge in [0.25, 0.3) is 5.52 Å². The van der Waals surface area contributed by atoms with E-state index in [1.165, 1.54) is 19.9 Å². The van der Waals surface area contributed by atoms with E-state index in [0.29, 0.717) is 29.1 Å². The van der Waals surface area contributed by atoms with Gasteiger partial charge in [-0.3, -0.25) is 24.6 Å². The van der Waals surface area contributed by atoms with Crippen LogP contribution in [0.2, 0.25) is 0 Å². The van der Waals surface area contributed by atoms with Crippen LogP contribution < -0.4 is 14.9 Å². The van der Waals surface area contributed by atoms with Crippen molar-refractivity contribution in [2.75, 3.05) is 31.5 Å². The lowest BCUT2D eigenvalue weighted by atomic mass is 9.83. The Morgan fingerprint density at radius 2 is 1.66 bits per heavy atom. The maximum Gasteiger partial charge on any atom is 0.460 e. The number of nitrogens with one attached hydrogen (secondary N) is 1. The highest BCUT2D eigenvalue weighted by atomic mass is 16.7. The van der Waals surface area contributed by atoms with Gasteiger partial charge in [0.05, 0.1) is 19.2 Å². The van der Waals surface area contributed by atoms with Gasteiger partial charge in [0.15, 0.2) is 11.6 Å². The summed E-state index contributed by atoms with van der Waals surface area (Å²) in [7, 11) is 0. The number of ketones is 1. The molecule has 13 nitrogen and oxygen atoms in total. The number of anilines is 1. The van der Waals surface area contributed by atoms with E-state index in [-0.39, 0.29) is 60.2 Å². The van der Waals surface area contributed by atoms with Crippen molar-refractivity contribution in [1.82, 2.24) is 10.00 Å². The number of hydrogen-bond donors (Lipinski definition) is 1. The summed E-state index contributed by atoms with van der Waals surface area (Å²) in [4.78, 5) is 39.1. The molecular weight excluding hydrogens is 570 g/mol. The number of benzene rings is 1. The molecule has 0 spiro atoms. The molecule has 3 unspecified atom stereocenters. The Bertz CT molecular complexity index is 1260. The van der Waals surface area contributed by atoms with Gasteiger partial charge in [-0.1, -0.05) is 58.6 Å². The van der Waals surface area contributed by atoms with E-state index in [4.69, 9.17) is 14.2 Å². The summed E-state index contributed by atoms with van der Waals surface area (Å²) in [6.45, 7) is 10.4. The Kier molecular flexibility index (Phi) is 13.5. The van der Waals surface area contributed by atoms with Crippen LogP contribution >= 0.6 is 0 Å². The molecule has 244 valence electrons. The Morgan fingerprint density at radius 3 is 2.34 bits per heavy atom. The van der Waals surface area contributed by atoms with Gasteiger partial charge in [-0.25, -0.2) is 4.73 Å². The third kappa shape index (κ3) is 9.98. The summed E-state index contributed by atoms with van der Waals surface area (Å²) in [5.41, 5.74) is 0.374. The van der Waals surface area contributed by atoms with Gasteiger partial charge >= 0.3 is 17.9 Å². The Morgan fingerprint density at radius 1 is 0.977 bits per heavy atom. The molecule has 1 saturated heterocycles. The minimum atomic E-state index is -1.03. The predicted molar refractivity (Wildman–Crippen MR) is 162 cm³/mol. The maximum atomic E-state index is 13.1. The molecule has 5 atom stereocenters. The van der Waals surface area contributed by atoms with Crippen LogP contribution in [-0.4, -0.2) is 72.4 Å². The summed E-state index contributed by atoms with van der Waals surface area (Å²) >= 11 is 0. The Hall–Kier alpha value is -3.58. The molecule has 1 aromatic heterocycles. The van der Waals surface area contributed by atoms with Gasteiger partial charge in [-0.2, -0.15) is 0 Å². The van der Waals surface area contributed by atoms with Crippen LogP contribution in [0.3, 0.4) is 0 Å². The maximum absolute atomic E-state index is 13.1. The largest absolute Gasteiger partial charge is 0.739 e. The number of hydrogen-bond acceptors (Lipinski definition) is 11. The van der Waals surface area contributed by atoms with Crippen molar-refractivity contribution in [3.63, 3.8) is 0 Å². The number of nitrogens with zero attached hydrogens (tertiary/aromatic N) is 4. The van der Waals surface area contributed by atoms with Gasteiger partial charge < -0.3 is 24.6 Å². The van der Waals surface area contributed by atoms with Gasteiger partial charge in [0.1, 0.15) is 5.78 Å². The summed E-state index contributed by atoms with van der Waals surface area (Å²) in [6.07, 6.45) is 4.03. The average Bonchev–Trinajstić information content (AvgIpc) is 2.97. The second-order valence-electron chi connectivity index (χ2n) is 11.6. The van der Waals surface area contributed by atoms with Crippen molar-refractivity contribution in [3.05, 3.63) is 34.7 Å². The van der Waals surface area contributed by atoms with E-state index in [9.17, 15) is 24.8 Å². The molecule has 3 rings (SSSR count). The van der Waals surface area contributed by atoms with Crippen LogP contribution in [0.25, 0.3) is 11.0 Å². The molecule has 1 aliphatic heterocycles. The van der Waals surface area contributed by atoms with Gasteiger partial charge in [0.2, 0.25) is 11.4 Å². The second-order valence-corrected chi connectivity index (χ2v) is 11.6. The van der Waals surface area contributed by atoms with E-state index in [0.717, 1.165) is 32.1 Å². The van der Waals surface area contributed by atoms with E-state index in [1.54, 1.807) is 18.2 Å². The number of ether oxygens (including phenoxy) is 3. The monoisotopic (exact) mass is 617 g/mol. The highest BCUT2D eigenvalue weighted by Crippen LogP contribution is 2.34. The lowest BCUT2D eigenvalue weighted by molar-refractivity contribution is -0.672. The average molecular weight is 618 g/mol. The molecule has 1 aliphatic rings. The van der Waals surface area contributed by atoms with E-state index >= 15 is 0 Å². The summed E-state index contributed by atoms with van der Waals surface area (Å²) in [6, 6.07) is 6.40. The highest BCUT2D eigenvalue weighted by Gasteiger charge is 2.45. The molecule has 1 N–H and O–H groups in total. The molecule has 2 heterocycles. The molecule has 1 aromatic carbocycles. The SMILES string of the molecule is CCCCCCCN(CC(=O)CCCNc1n[n+]([O-])c2ccccc2[n+]1[O-])CC1OC(OC(C)=O)C(OC(C)=O)[C@@H](C)[C@@H]1C. The Labute approximate surface area is 259 Å². The molecule has 1 fully saturated rings. The molecule has 0 saturated carbocycles. The number of para-hydroxylation sites is 2. The van der Waals surface area contributed by atoms with Crippen molar-refractivity contribution in [3.8, 4) is 0 Å². The number of carbonyl (C=O) groups is 3. The Balaban J connectivity index is 1.60. The van der Waals surface area contributed by atoms with Crippen LogP contribution in [0.15, 0.2) is 24.3 Å². The fourth-order valence-corrected chi connectivity index (χ4v) is 5.52. The molecular formula is C31H47N5O8. The smallest absolute Gasteiger partial charge is 0.460 e. The number of rotatable bonds is 17. The van der Waals surface area contributed by atoms with E-state index in [2.05, 4.69) is 22.2 Å². The molecule has 13 heteroatoms. The van der Waals surface area contributed by atoms with Crippen molar-refractivity contribution in [1.29, 1.82) is 0 Å². The fraction of sp³-hybridized carbons (Fsp3) is 0.677. The summed E-state index contributed by atoms with van der Waals surface area (Å²) in [5.74, 6) is -1.27. The van der Waals surface area contributed by atoms with Gasteiger partial charge in [0, 0.05) is 43.6 Å². The second kappa shape index (κ2) is 17.0. The van der Waals surface area contributed by atoms with Crippen LogP contribution in [0.1, 0.15) is 79.6 Å². The van der Waals surface area contributed by atoms with E-state index in [1.807, 2.05) is 13.8 Å². The number of esters is 2. The van der Waals surface area contributed by atoms with Crippen molar-refractivity contribution >= 4 is 34.7 Å². The quantitative estimate of drug-likeness (QED) is 0.120. The lowest BCUT2D eigenvalue weighted by Gasteiger charge is -2.44. The number of fused-ring (bicyclic) bond motifs is 1. The number of aromatic nitrogens is 3. The lowest BCUT2D eigenvalue weighted by Crippen LogP contribution is -2.55. The first kappa shape index (κ1) is 34.9. The predicted octanol–water partition coefficient (Wildman–Crippen LogP) is 3.03. The summed E-state index contributed by atoms with van der Waals surface area (Å²) in [5, 5.41) is 31.5. The molecule has 2 aromatic rings. The standard InChI is InChI=1S/C31H47N5O8/c1-6-7-8-9-12-18-34(20-28-21(2)22(3)29(42-23(4)37)30(44-28)43-24(5)38)19-25(39)14-13-17-32-31-33-36(41)27-16-11-10-15-26(27)35(31)40/h10-11,15-16,21-22,28-30H,6-9,12-14,17-20H2,1-5H3,(H,32,33)/t21-,22-,28?,29?,30?/m0/s1. The number of unbranched alkanes of at least 4 members (excludes halogenated alkanes) is 4. The zero-order chi connectivity index (χ0) is 32.2. The van der Waals surface area contributed by atoms with Crippen LogP contribution in [0.4, 0.5) is 5.95 Å². The van der Waals surface area contributed by atoms with Gasteiger partial charge in [-0.15, -0.1) is 0 Å². The number of Topliss-reactive ketones (excluding diaryl/α,β-unsaturated/α-hetero) is 1. The molecule has 0 radical (unpaired) electrons. The third-order valence-corrected chi connectivity index (χ3v) is 8.11. The molecule has 0 aliphatic carbocycles. The van der Waals surface area contributed by atoms with Crippen LogP contribution in [0.5, 0.6) is 0 Å². The number of carbonyl (C=O) groups excluding carboxylic acids is 3. The normalized spacial score (nSPS) is 21.7. The topological polar surface area (TPSA) is 161 Å². The summed E-state index contributed by atoms with van der Waals surface area (Å²) < 4.78 is 17.6. The van der Waals surface area contributed by atoms with Crippen molar-refractivity contribution in [2.24, 2.45) is 11.8 Å².